The summed E-state index contributed by atoms with van der Waals surface area (Å²) in [6.45, 7) is 2.47. The maximum atomic E-state index is 12.1. The largest absolute Gasteiger partial charge is 0.398 e. The summed E-state index contributed by atoms with van der Waals surface area (Å²) in [5.74, 6) is 0. The molecule has 1 rings (SSSR count). The SMILES string of the molecule is Cc1ccc(N)c(S(=O)(=O)NC(CO)CO)c1C. The molecule has 0 aromatic heterocycles. The molecule has 0 unspecified atom stereocenters. The van der Waals surface area contributed by atoms with Crippen molar-refractivity contribution in [2.24, 2.45) is 0 Å². The monoisotopic (exact) mass is 274 g/mol. The first-order valence-electron chi connectivity index (χ1n) is 5.43. The molecule has 0 radical (unpaired) electrons. The molecule has 18 heavy (non-hydrogen) atoms. The fraction of sp³-hybridized carbons (Fsp3) is 0.455. The van der Waals surface area contributed by atoms with Crippen LogP contribution in [0.4, 0.5) is 5.69 Å². The molecule has 6 nitrogen and oxygen atoms in total. The van der Waals surface area contributed by atoms with E-state index in [9.17, 15) is 8.42 Å². The molecule has 1 aromatic carbocycles. The average molecular weight is 274 g/mol. The summed E-state index contributed by atoms with van der Waals surface area (Å²) in [6.07, 6.45) is 0. The molecule has 1 aromatic rings. The molecule has 0 saturated carbocycles. The Labute approximate surface area is 106 Å². The van der Waals surface area contributed by atoms with Crippen molar-refractivity contribution >= 4 is 15.7 Å². The van der Waals surface area contributed by atoms with Crippen molar-refractivity contribution in [1.82, 2.24) is 4.72 Å². The van der Waals surface area contributed by atoms with Crippen molar-refractivity contribution in [3.8, 4) is 0 Å². The number of anilines is 1. The van der Waals surface area contributed by atoms with Crippen molar-refractivity contribution in [1.29, 1.82) is 0 Å². The molecule has 0 amide bonds. The first-order valence-corrected chi connectivity index (χ1v) is 6.91. The van der Waals surface area contributed by atoms with Gasteiger partial charge in [0.25, 0.3) is 0 Å². The Bertz CT molecular complexity index is 524. The van der Waals surface area contributed by atoms with E-state index >= 15 is 0 Å². The summed E-state index contributed by atoms with van der Waals surface area (Å²) in [5, 5.41) is 17.8. The van der Waals surface area contributed by atoms with E-state index in [0.717, 1.165) is 5.56 Å². The van der Waals surface area contributed by atoms with E-state index in [-0.39, 0.29) is 10.6 Å². The first-order chi connectivity index (χ1) is 8.33. The lowest BCUT2D eigenvalue weighted by molar-refractivity contribution is 0.185. The number of nitrogens with two attached hydrogens (primary N) is 1. The smallest absolute Gasteiger partial charge is 0.243 e. The minimum Gasteiger partial charge on any atom is -0.398 e. The van der Waals surface area contributed by atoms with Gasteiger partial charge in [0.1, 0.15) is 4.90 Å². The van der Waals surface area contributed by atoms with Gasteiger partial charge in [-0.25, -0.2) is 13.1 Å². The molecule has 0 aliphatic rings. The van der Waals surface area contributed by atoms with E-state index in [4.69, 9.17) is 15.9 Å². The highest BCUT2D eigenvalue weighted by Gasteiger charge is 2.24. The number of aliphatic hydroxyl groups is 2. The van der Waals surface area contributed by atoms with E-state index in [2.05, 4.69) is 4.72 Å². The van der Waals surface area contributed by atoms with E-state index in [1.807, 2.05) is 0 Å². The third-order valence-electron chi connectivity index (χ3n) is 2.74. The number of benzene rings is 1. The van der Waals surface area contributed by atoms with Crippen LogP contribution < -0.4 is 10.5 Å². The number of rotatable bonds is 5. The summed E-state index contributed by atoms with van der Waals surface area (Å²) >= 11 is 0. The third kappa shape index (κ3) is 2.99. The van der Waals surface area contributed by atoms with Gasteiger partial charge in [-0.3, -0.25) is 0 Å². The number of nitrogen functional groups attached to an aromatic ring is 1. The van der Waals surface area contributed by atoms with Gasteiger partial charge >= 0.3 is 0 Å². The van der Waals surface area contributed by atoms with Crippen molar-refractivity contribution in [2.75, 3.05) is 18.9 Å². The fourth-order valence-electron chi connectivity index (χ4n) is 1.58. The lowest BCUT2D eigenvalue weighted by atomic mass is 10.1. The zero-order valence-electron chi connectivity index (χ0n) is 10.3. The van der Waals surface area contributed by atoms with Gasteiger partial charge in [0.15, 0.2) is 0 Å². The van der Waals surface area contributed by atoms with Crippen LogP contribution in [0.1, 0.15) is 11.1 Å². The number of hydrogen-bond acceptors (Lipinski definition) is 5. The van der Waals surface area contributed by atoms with Gasteiger partial charge in [-0.15, -0.1) is 0 Å². The quantitative estimate of drug-likeness (QED) is 0.542. The Balaban J connectivity index is 3.25. The summed E-state index contributed by atoms with van der Waals surface area (Å²) in [4.78, 5) is -0.00519. The van der Waals surface area contributed by atoms with E-state index < -0.39 is 29.3 Å². The normalized spacial score (nSPS) is 12.1. The van der Waals surface area contributed by atoms with Crippen LogP contribution in [-0.2, 0) is 10.0 Å². The van der Waals surface area contributed by atoms with Crippen LogP contribution >= 0.6 is 0 Å². The summed E-state index contributed by atoms with van der Waals surface area (Å²) in [6, 6.07) is 2.32. The van der Waals surface area contributed by atoms with E-state index in [0.29, 0.717) is 5.56 Å². The maximum absolute atomic E-state index is 12.1. The minimum absolute atomic E-state index is 0.00519. The van der Waals surface area contributed by atoms with Gasteiger partial charge in [0.05, 0.1) is 24.9 Å². The van der Waals surface area contributed by atoms with Gasteiger partial charge in [0, 0.05) is 0 Å². The second-order valence-corrected chi connectivity index (χ2v) is 5.76. The van der Waals surface area contributed by atoms with E-state index in [1.54, 1.807) is 19.9 Å². The molecule has 0 heterocycles. The molecule has 7 heteroatoms. The van der Waals surface area contributed by atoms with Gasteiger partial charge in [-0.1, -0.05) is 6.07 Å². The zero-order chi connectivity index (χ0) is 13.9. The molecule has 5 N–H and O–H groups in total. The van der Waals surface area contributed by atoms with Gasteiger partial charge < -0.3 is 15.9 Å². The highest BCUT2D eigenvalue weighted by atomic mass is 32.2. The Morgan fingerprint density at radius 3 is 2.33 bits per heavy atom. The third-order valence-corrected chi connectivity index (χ3v) is 4.46. The first kappa shape index (κ1) is 14.9. The lowest BCUT2D eigenvalue weighted by Crippen LogP contribution is -2.40. The van der Waals surface area contributed by atoms with Crippen LogP contribution in [0.5, 0.6) is 0 Å². The van der Waals surface area contributed by atoms with Gasteiger partial charge in [-0.2, -0.15) is 0 Å². The maximum Gasteiger partial charge on any atom is 0.243 e. The number of aryl methyl sites for hydroxylation is 1. The molecule has 0 aliphatic carbocycles. The number of aliphatic hydroxyl groups excluding tert-OH is 2. The molecular formula is C11H18N2O4S. The second kappa shape index (κ2) is 5.66. The predicted octanol–water partition coefficient (Wildman–Crippen LogP) is -0.483. The average Bonchev–Trinajstić information content (AvgIpc) is 2.31. The minimum atomic E-state index is -3.86. The van der Waals surface area contributed by atoms with Crippen molar-refractivity contribution < 1.29 is 18.6 Å². The topological polar surface area (TPSA) is 113 Å². The Morgan fingerprint density at radius 2 is 1.83 bits per heavy atom. The van der Waals surface area contributed by atoms with Crippen molar-refractivity contribution in [3.05, 3.63) is 23.3 Å². The predicted molar refractivity (Wildman–Crippen MR) is 68.6 cm³/mol. The summed E-state index contributed by atoms with van der Waals surface area (Å²) < 4.78 is 26.5. The fourth-order valence-corrected chi connectivity index (χ4v) is 3.23. The van der Waals surface area contributed by atoms with Crippen LogP contribution in [0, 0.1) is 13.8 Å². The standard InChI is InChI=1S/C11H18N2O4S/c1-7-3-4-10(12)11(8(7)2)18(16,17)13-9(5-14)6-15/h3-4,9,13-15H,5-6,12H2,1-2H3. The highest BCUT2D eigenvalue weighted by Crippen LogP contribution is 2.25. The van der Waals surface area contributed by atoms with Crippen molar-refractivity contribution in [2.45, 2.75) is 24.8 Å². The lowest BCUT2D eigenvalue weighted by Gasteiger charge is -2.17. The van der Waals surface area contributed by atoms with Crippen LogP contribution in [0.3, 0.4) is 0 Å². The van der Waals surface area contributed by atoms with Gasteiger partial charge in [0.2, 0.25) is 10.0 Å². The van der Waals surface area contributed by atoms with Crippen LogP contribution in [-0.4, -0.2) is 37.9 Å². The molecular weight excluding hydrogens is 256 g/mol. The van der Waals surface area contributed by atoms with E-state index in [1.165, 1.54) is 6.07 Å². The Morgan fingerprint density at radius 1 is 1.28 bits per heavy atom. The highest BCUT2D eigenvalue weighted by molar-refractivity contribution is 7.89. The zero-order valence-corrected chi connectivity index (χ0v) is 11.2. The number of sulfonamides is 1. The number of nitrogens with one attached hydrogen (secondary N) is 1. The molecule has 102 valence electrons. The molecule has 0 fully saturated rings. The van der Waals surface area contributed by atoms with Crippen molar-refractivity contribution in [3.63, 3.8) is 0 Å². The molecule has 0 bridgehead atoms. The molecule has 0 saturated heterocycles. The summed E-state index contributed by atoms with van der Waals surface area (Å²) in [7, 11) is -3.86. The van der Waals surface area contributed by atoms with Crippen LogP contribution in [0.15, 0.2) is 17.0 Å². The summed E-state index contributed by atoms with van der Waals surface area (Å²) in [5.41, 5.74) is 7.18. The molecule has 0 spiro atoms. The van der Waals surface area contributed by atoms with Crippen LogP contribution in [0.2, 0.25) is 0 Å². The number of hydrogen-bond donors (Lipinski definition) is 4. The Kier molecular flexibility index (Phi) is 4.69. The second-order valence-electron chi connectivity index (χ2n) is 4.11. The van der Waals surface area contributed by atoms with Gasteiger partial charge in [-0.05, 0) is 31.0 Å². The molecule has 0 atom stereocenters. The molecule has 0 aliphatic heterocycles. The van der Waals surface area contributed by atoms with Crippen LogP contribution in [0.25, 0.3) is 0 Å². The Hall–Kier alpha value is -1.15.